The third-order valence-corrected chi connectivity index (χ3v) is 5.42. The molecular weight excluding hydrogens is 272 g/mol. The van der Waals surface area contributed by atoms with Crippen LogP contribution in [0.1, 0.15) is 39.0 Å². The van der Waals surface area contributed by atoms with Crippen molar-refractivity contribution in [3.63, 3.8) is 0 Å². The smallest absolute Gasteiger partial charge is 0.315 e. The second kappa shape index (κ2) is 5.48. The number of nitrogens with one attached hydrogen (secondary N) is 2. The summed E-state index contributed by atoms with van der Waals surface area (Å²) in [6.07, 6.45) is 4.91. The van der Waals surface area contributed by atoms with E-state index in [4.69, 9.17) is 4.74 Å². The summed E-state index contributed by atoms with van der Waals surface area (Å²) in [4.78, 5) is 23.5. The van der Waals surface area contributed by atoms with Crippen LogP contribution in [0, 0.1) is 17.8 Å². The molecule has 3 aliphatic rings. The van der Waals surface area contributed by atoms with Gasteiger partial charge in [-0.1, -0.05) is 0 Å². The van der Waals surface area contributed by atoms with Gasteiger partial charge in [-0.05, 0) is 50.9 Å². The predicted octanol–water partition coefficient (Wildman–Crippen LogP) is 1.35. The number of rotatable bonds is 4. The molecule has 118 valence electrons. The number of fused-ring (bicyclic) bond motifs is 2. The average molecular weight is 296 g/mol. The van der Waals surface area contributed by atoms with Crippen molar-refractivity contribution in [3.8, 4) is 0 Å². The first kappa shape index (κ1) is 14.6. The van der Waals surface area contributed by atoms with Gasteiger partial charge in [0.05, 0.1) is 11.5 Å². The number of ether oxygens (including phenoxy) is 1. The van der Waals surface area contributed by atoms with Gasteiger partial charge in [0.1, 0.15) is 0 Å². The average Bonchev–Trinajstić information content (AvgIpc) is 3.12. The topological polar surface area (TPSA) is 87.7 Å². The highest BCUT2D eigenvalue weighted by molar-refractivity contribution is 5.77. The Morgan fingerprint density at radius 1 is 1.33 bits per heavy atom. The standard InChI is InChI=1S/C15H24N2O4/c1-15(5-2-6-21-15)8-16-14(20)17-12-10-4-3-9(7-10)11(12)13(18)19/h9-12H,2-8H2,1H3,(H,18,19)(H2,16,17,20). The van der Waals surface area contributed by atoms with Crippen LogP contribution >= 0.6 is 0 Å². The van der Waals surface area contributed by atoms with Crippen LogP contribution in [0.15, 0.2) is 0 Å². The van der Waals surface area contributed by atoms with E-state index in [2.05, 4.69) is 10.6 Å². The molecule has 2 bridgehead atoms. The van der Waals surface area contributed by atoms with Crippen LogP contribution in [-0.2, 0) is 9.53 Å². The summed E-state index contributed by atoms with van der Waals surface area (Å²) in [5, 5.41) is 15.1. The van der Waals surface area contributed by atoms with Crippen molar-refractivity contribution < 1.29 is 19.4 Å². The summed E-state index contributed by atoms with van der Waals surface area (Å²) < 4.78 is 5.63. The fourth-order valence-electron chi connectivity index (χ4n) is 4.30. The zero-order valence-corrected chi connectivity index (χ0v) is 12.4. The van der Waals surface area contributed by atoms with Gasteiger partial charge in [-0.3, -0.25) is 4.79 Å². The number of aliphatic carboxylic acids is 1. The SMILES string of the molecule is CC1(CNC(=O)NC2C3CCC(C3)C2C(=O)O)CCCO1. The summed E-state index contributed by atoms with van der Waals surface area (Å²) in [6.45, 7) is 3.21. The number of amides is 2. The zero-order chi connectivity index (χ0) is 15.0. The van der Waals surface area contributed by atoms with E-state index in [0.717, 1.165) is 38.7 Å². The van der Waals surface area contributed by atoms with Gasteiger partial charge in [0, 0.05) is 19.2 Å². The van der Waals surface area contributed by atoms with Crippen LogP contribution in [0.5, 0.6) is 0 Å². The molecule has 2 aliphatic carbocycles. The molecule has 1 heterocycles. The van der Waals surface area contributed by atoms with Gasteiger partial charge in [0.15, 0.2) is 0 Å². The van der Waals surface area contributed by atoms with E-state index in [0.29, 0.717) is 12.5 Å². The minimum atomic E-state index is -0.779. The van der Waals surface area contributed by atoms with Gasteiger partial charge in [-0.2, -0.15) is 0 Å². The molecule has 3 fully saturated rings. The van der Waals surface area contributed by atoms with E-state index in [1.807, 2.05) is 6.92 Å². The molecule has 0 spiro atoms. The molecule has 6 nitrogen and oxygen atoms in total. The van der Waals surface area contributed by atoms with Crippen molar-refractivity contribution >= 4 is 12.0 Å². The molecule has 1 aliphatic heterocycles. The Balaban J connectivity index is 1.53. The lowest BCUT2D eigenvalue weighted by atomic mass is 9.84. The van der Waals surface area contributed by atoms with Crippen molar-refractivity contribution in [2.75, 3.05) is 13.2 Å². The Morgan fingerprint density at radius 3 is 2.76 bits per heavy atom. The van der Waals surface area contributed by atoms with Crippen LogP contribution in [0.4, 0.5) is 4.79 Å². The highest BCUT2D eigenvalue weighted by Gasteiger charge is 2.51. The van der Waals surface area contributed by atoms with Crippen LogP contribution in [-0.4, -0.2) is 41.9 Å². The Bertz CT molecular complexity index is 433. The van der Waals surface area contributed by atoms with Gasteiger partial charge in [-0.25, -0.2) is 4.79 Å². The number of urea groups is 1. The monoisotopic (exact) mass is 296 g/mol. The first-order chi connectivity index (χ1) is 9.98. The van der Waals surface area contributed by atoms with Crippen molar-refractivity contribution in [2.45, 2.75) is 50.7 Å². The van der Waals surface area contributed by atoms with E-state index < -0.39 is 11.9 Å². The number of carbonyl (C=O) groups excluding carboxylic acids is 1. The Hall–Kier alpha value is -1.30. The normalized spacial score (nSPS) is 41.2. The minimum absolute atomic E-state index is 0.224. The number of hydrogen-bond acceptors (Lipinski definition) is 3. The second-order valence-corrected chi connectivity index (χ2v) is 6.95. The van der Waals surface area contributed by atoms with Crippen LogP contribution in [0.2, 0.25) is 0 Å². The van der Waals surface area contributed by atoms with E-state index in [1.165, 1.54) is 0 Å². The third kappa shape index (κ3) is 2.86. The molecule has 5 atom stereocenters. The molecule has 3 N–H and O–H groups in total. The summed E-state index contributed by atoms with van der Waals surface area (Å²) in [6, 6.07) is -0.492. The number of carboxylic acid groups (broad SMARTS) is 1. The number of carbonyl (C=O) groups is 2. The fourth-order valence-corrected chi connectivity index (χ4v) is 4.30. The van der Waals surface area contributed by atoms with Crippen molar-refractivity contribution in [3.05, 3.63) is 0 Å². The minimum Gasteiger partial charge on any atom is -0.481 e. The molecule has 3 rings (SSSR count). The quantitative estimate of drug-likeness (QED) is 0.731. The fraction of sp³-hybridized carbons (Fsp3) is 0.867. The zero-order valence-electron chi connectivity index (χ0n) is 12.4. The molecule has 0 radical (unpaired) electrons. The van der Waals surface area contributed by atoms with Crippen LogP contribution < -0.4 is 10.6 Å². The molecular formula is C15H24N2O4. The molecule has 6 heteroatoms. The second-order valence-electron chi connectivity index (χ2n) is 6.95. The lowest BCUT2D eigenvalue weighted by Gasteiger charge is -2.30. The van der Waals surface area contributed by atoms with E-state index in [9.17, 15) is 14.7 Å². The summed E-state index contributed by atoms with van der Waals surface area (Å²) >= 11 is 0. The molecule has 2 saturated carbocycles. The van der Waals surface area contributed by atoms with Crippen molar-refractivity contribution in [2.24, 2.45) is 17.8 Å². The largest absolute Gasteiger partial charge is 0.481 e. The molecule has 2 amide bonds. The predicted molar refractivity (Wildman–Crippen MR) is 75.9 cm³/mol. The van der Waals surface area contributed by atoms with E-state index in [1.54, 1.807) is 0 Å². The molecule has 0 aromatic carbocycles. The summed E-state index contributed by atoms with van der Waals surface area (Å²) in [5.74, 6) is -0.653. The number of carboxylic acids is 1. The molecule has 5 unspecified atom stereocenters. The van der Waals surface area contributed by atoms with Gasteiger partial charge >= 0.3 is 12.0 Å². The van der Waals surface area contributed by atoms with Crippen LogP contribution in [0.3, 0.4) is 0 Å². The maximum Gasteiger partial charge on any atom is 0.315 e. The third-order valence-electron chi connectivity index (χ3n) is 5.42. The molecule has 0 aromatic heterocycles. The lowest BCUT2D eigenvalue weighted by Crippen LogP contribution is -2.52. The lowest BCUT2D eigenvalue weighted by molar-refractivity contribution is -0.144. The van der Waals surface area contributed by atoms with Crippen molar-refractivity contribution in [1.82, 2.24) is 10.6 Å². The van der Waals surface area contributed by atoms with Crippen molar-refractivity contribution in [1.29, 1.82) is 0 Å². The maximum atomic E-state index is 12.1. The van der Waals surface area contributed by atoms with Gasteiger partial charge in [-0.15, -0.1) is 0 Å². The van der Waals surface area contributed by atoms with E-state index >= 15 is 0 Å². The molecule has 21 heavy (non-hydrogen) atoms. The Labute approximate surface area is 124 Å². The summed E-state index contributed by atoms with van der Waals surface area (Å²) in [5.41, 5.74) is -0.280. The highest BCUT2D eigenvalue weighted by atomic mass is 16.5. The van der Waals surface area contributed by atoms with Gasteiger partial charge < -0.3 is 20.5 Å². The number of hydrogen-bond donors (Lipinski definition) is 3. The molecule has 0 aromatic rings. The van der Waals surface area contributed by atoms with Gasteiger partial charge in [0.2, 0.25) is 0 Å². The summed E-state index contributed by atoms with van der Waals surface area (Å²) in [7, 11) is 0. The first-order valence-electron chi connectivity index (χ1n) is 7.90. The van der Waals surface area contributed by atoms with Crippen LogP contribution in [0.25, 0.3) is 0 Å². The first-order valence-corrected chi connectivity index (χ1v) is 7.90. The Kier molecular flexibility index (Phi) is 3.82. The Morgan fingerprint density at radius 2 is 2.10 bits per heavy atom. The van der Waals surface area contributed by atoms with Gasteiger partial charge in [0.25, 0.3) is 0 Å². The molecule has 1 saturated heterocycles. The maximum absolute atomic E-state index is 12.1. The highest BCUT2D eigenvalue weighted by Crippen LogP contribution is 2.48. The van der Waals surface area contributed by atoms with E-state index in [-0.39, 0.29) is 23.6 Å².